The monoisotopic (exact) mass is 274 g/mol. The van der Waals surface area contributed by atoms with E-state index in [1.165, 1.54) is 10.5 Å². The van der Waals surface area contributed by atoms with Crippen LogP contribution in [0.5, 0.6) is 0 Å². The molecule has 3 N–H and O–H groups in total. The molecule has 0 fully saturated rings. The number of sulfonamides is 1. The number of nitrogens with one attached hydrogen (secondary N) is 1. The first-order valence-electron chi connectivity index (χ1n) is 6.09. The van der Waals surface area contributed by atoms with Crippen LogP contribution in [0.15, 0.2) is 11.1 Å². The number of hydrogen-bond donors (Lipinski definition) is 2. The van der Waals surface area contributed by atoms with Crippen molar-refractivity contribution < 1.29 is 8.42 Å². The Hall–Kier alpha value is -0.920. The number of H-pyrrole nitrogens is 1. The van der Waals surface area contributed by atoms with Crippen LogP contribution in [0, 0.1) is 12.8 Å². The lowest BCUT2D eigenvalue weighted by atomic mass is 10.2. The summed E-state index contributed by atoms with van der Waals surface area (Å²) in [6, 6.07) is 0. The molecular weight excluding hydrogens is 252 g/mol. The Labute approximate surface area is 109 Å². The molecule has 0 aliphatic heterocycles. The molecule has 6 nitrogen and oxygen atoms in total. The number of nitrogens with two attached hydrogens (primary N) is 1. The summed E-state index contributed by atoms with van der Waals surface area (Å²) in [5.41, 5.74) is 6.03. The van der Waals surface area contributed by atoms with E-state index in [4.69, 9.17) is 5.73 Å². The molecular formula is C11H22N4O2S. The second-order valence-electron chi connectivity index (χ2n) is 4.76. The molecule has 1 aromatic rings. The second kappa shape index (κ2) is 6.31. The summed E-state index contributed by atoms with van der Waals surface area (Å²) >= 11 is 0. The first kappa shape index (κ1) is 15.1. The highest BCUT2D eigenvalue weighted by atomic mass is 32.2. The first-order valence-corrected chi connectivity index (χ1v) is 7.53. The molecule has 0 aliphatic rings. The Balaban J connectivity index is 2.99. The van der Waals surface area contributed by atoms with E-state index < -0.39 is 10.0 Å². The van der Waals surface area contributed by atoms with E-state index in [1.54, 1.807) is 6.92 Å². The van der Waals surface area contributed by atoms with Crippen molar-refractivity contribution in [3.63, 3.8) is 0 Å². The summed E-state index contributed by atoms with van der Waals surface area (Å²) in [6.45, 7) is 7.11. The Kier molecular flexibility index (Phi) is 5.30. The van der Waals surface area contributed by atoms with Crippen LogP contribution in [0.2, 0.25) is 0 Å². The van der Waals surface area contributed by atoms with Gasteiger partial charge in [0.2, 0.25) is 10.0 Å². The quantitative estimate of drug-likeness (QED) is 0.766. The maximum Gasteiger partial charge on any atom is 0.246 e. The highest BCUT2D eigenvalue weighted by Gasteiger charge is 2.27. The molecule has 0 bridgehead atoms. The fourth-order valence-electron chi connectivity index (χ4n) is 1.72. The van der Waals surface area contributed by atoms with E-state index in [0.29, 0.717) is 31.7 Å². The van der Waals surface area contributed by atoms with Crippen LogP contribution in [0.25, 0.3) is 0 Å². The Morgan fingerprint density at radius 1 is 1.50 bits per heavy atom. The molecule has 0 radical (unpaired) electrons. The third-order valence-electron chi connectivity index (χ3n) is 2.58. The minimum Gasteiger partial charge on any atom is -0.330 e. The van der Waals surface area contributed by atoms with Gasteiger partial charge in [0.05, 0.1) is 11.9 Å². The molecule has 1 rings (SSSR count). The highest BCUT2D eigenvalue weighted by Crippen LogP contribution is 2.19. The lowest BCUT2D eigenvalue weighted by molar-refractivity contribution is 0.364. The van der Waals surface area contributed by atoms with Gasteiger partial charge in [0.25, 0.3) is 0 Å². The predicted molar refractivity (Wildman–Crippen MR) is 70.6 cm³/mol. The summed E-state index contributed by atoms with van der Waals surface area (Å²) < 4.78 is 26.4. The van der Waals surface area contributed by atoms with Gasteiger partial charge >= 0.3 is 0 Å². The SMILES string of the molecule is Cc1[nH]ncc1S(=O)(=O)N(CCCN)CC(C)C. The maximum absolute atomic E-state index is 12.5. The van der Waals surface area contributed by atoms with Crippen LogP contribution >= 0.6 is 0 Å². The van der Waals surface area contributed by atoms with Crippen LogP contribution in [0.3, 0.4) is 0 Å². The number of rotatable bonds is 7. The molecule has 0 amide bonds. The average Bonchev–Trinajstić information content (AvgIpc) is 2.70. The summed E-state index contributed by atoms with van der Waals surface area (Å²) in [5.74, 6) is 0.268. The molecule has 0 aliphatic carbocycles. The van der Waals surface area contributed by atoms with Gasteiger partial charge in [0, 0.05) is 13.1 Å². The van der Waals surface area contributed by atoms with Crippen LogP contribution in [0.1, 0.15) is 26.0 Å². The van der Waals surface area contributed by atoms with Gasteiger partial charge in [-0.1, -0.05) is 13.8 Å². The minimum atomic E-state index is -3.47. The van der Waals surface area contributed by atoms with Crippen molar-refractivity contribution >= 4 is 10.0 Å². The van der Waals surface area contributed by atoms with Gasteiger partial charge in [0.1, 0.15) is 4.90 Å². The molecule has 104 valence electrons. The molecule has 0 spiro atoms. The van der Waals surface area contributed by atoms with Gasteiger partial charge < -0.3 is 5.73 Å². The van der Waals surface area contributed by atoms with Gasteiger partial charge in [-0.3, -0.25) is 5.10 Å². The third-order valence-corrected chi connectivity index (χ3v) is 4.56. The lowest BCUT2D eigenvalue weighted by Crippen LogP contribution is -2.36. The van der Waals surface area contributed by atoms with Gasteiger partial charge in [0.15, 0.2) is 0 Å². The summed E-state index contributed by atoms with van der Waals surface area (Å²) in [7, 11) is -3.47. The number of hydrogen-bond acceptors (Lipinski definition) is 4. The van der Waals surface area contributed by atoms with E-state index in [9.17, 15) is 8.42 Å². The van der Waals surface area contributed by atoms with Gasteiger partial charge in [-0.25, -0.2) is 8.42 Å². The molecule has 1 aromatic heterocycles. The summed E-state index contributed by atoms with van der Waals surface area (Å²) in [4.78, 5) is 0.250. The fourth-order valence-corrected chi connectivity index (χ4v) is 3.48. The van der Waals surface area contributed by atoms with E-state index >= 15 is 0 Å². The van der Waals surface area contributed by atoms with E-state index in [1.807, 2.05) is 13.8 Å². The fraction of sp³-hybridized carbons (Fsp3) is 0.727. The van der Waals surface area contributed by atoms with Crippen molar-refractivity contribution in [3.8, 4) is 0 Å². The zero-order chi connectivity index (χ0) is 13.8. The van der Waals surface area contributed by atoms with Crippen molar-refractivity contribution in [2.24, 2.45) is 11.7 Å². The lowest BCUT2D eigenvalue weighted by Gasteiger charge is -2.23. The second-order valence-corrected chi connectivity index (χ2v) is 6.66. The van der Waals surface area contributed by atoms with Crippen molar-refractivity contribution in [2.45, 2.75) is 32.1 Å². The van der Waals surface area contributed by atoms with Crippen LogP contribution in [-0.2, 0) is 10.0 Å². The smallest absolute Gasteiger partial charge is 0.246 e. The number of aromatic nitrogens is 2. The summed E-state index contributed by atoms with van der Waals surface area (Å²) in [6.07, 6.45) is 2.02. The molecule has 18 heavy (non-hydrogen) atoms. The number of aryl methyl sites for hydroxylation is 1. The van der Waals surface area contributed by atoms with Crippen molar-refractivity contribution in [2.75, 3.05) is 19.6 Å². The van der Waals surface area contributed by atoms with Gasteiger partial charge in [-0.05, 0) is 25.8 Å². The Morgan fingerprint density at radius 3 is 2.61 bits per heavy atom. The molecule has 0 aromatic carbocycles. The standard InChI is InChI=1S/C11H22N4O2S/c1-9(2)8-15(6-4-5-12)18(16,17)11-7-13-14-10(11)3/h7,9H,4-6,8,12H2,1-3H3,(H,13,14). The Morgan fingerprint density at radius 2 is 2.17 bits per heavy atom. The van der Waals surface area contributed by atoms with Crippen molar-refractivity contribution in [3.05, 3.63) is 11.9 Å². The van der Waals surface area contributed by atoms with Crippen LogP contribution in [0.4, 0.5) is 0 Å². The van der Waals surface area contributed by atoms with Crippen molar-refractivity contribution in [1.29, 1.82) is 0 Å². The average molecular weight is 274 g/mol. The summed E-state index contributed by atoms with van der Waals surface area (Å²) in [5, 5.41) is 6.43. The van der Waals surface area contributed by atoms with Crippen molar-refractivity contribution in [1.82, 2.24) is 14.5 Å². The molecule has 7 heteroatoms. The topological polar surface area (TPSA) is 92.1 Å². The van der Waals surface area contributed by atoms with Crippen LogP contribution in [-0.4, -0.2) is 42.6 Å². The molecule has 0 unspecified atom stereocenters. The van der Waals surface area contributed by atoms with E-state index in [2.05, 4.69) is 10.2 Å². The first-order chi connectivity index (χ1) is 8.39. The maximum atomic E-state index is 12.5. The molecule has 0 saturated carbocycles. The normalized spacial score (nSPS) is 12.6. The largest absolute Gasteiger partial charge is 0.330 e. The van der Waals surface area contributed by atoms with E-state index in [-0.39, 0.29) is 10.8 Å². The zero-order valence-electron chi connectivity index (χ0n) is 11.2. The Bertz CT molecular complexity index is 467. The highest BCUT2D eigenvalue weighted by molar-refractivity contribution is 7.89. The van der Waals surface area contributed by atoms with Crippen LogP contribution < -0.4 is 5.73 Å². The molecule has 1 heterocycles. The number of aromatic amines is 1. The number of nitrogens with zero attached hydrogens (tertiary/aromatic N) is 2. The van der Waals surface area contributed by atoms with Gasteiger partial charge in [-0.15, -0.1) is 0 Å². The van der Waals surface area contributed by atoms with E-state index in [0.717, 1.165) is 0 Å². The molecule has 0 atom stereocenters. The molecule has 0 saturated heterocycles. The third kappa shape index (κ3) is 3.54. The zero-order valence-corrected chi connectivity index (χ0v) is 12.0. The minimum absolute atomic E-state index is 0.250. The van der Waals surface area contributed by atoms with Gasteiger partial charge in [-0.2, -0.15) is 9.40 Å². The predicted octanol–water partition coefficient (Wildman–Crippen LogP) is 0.714.